The third-order valence-electron chi connectivity index (χ3n) is 2.97. The van der Waals surface area contributed by atoms with Gasteiger partial charge in [0.1, 0.15) is 10.4 Å². The highest BCUT2D eigenvalue weighted by Crippen LogP contribution is 2.24. The molecular formula is C11H11BrClN3. The molecule has 0 atom stereocenters. The number of nitrogens with one attached hydrogen (secondary N) is 1. The van der Waals surface area contributed by atoms with E-state index in [4.69, 9.17) is 11.6 Å². The van der Waals surface area contributed by atoms with E-state index in [9.17, 15) is 0 Å². The fraction of sp³-hybridized carbons (Fsp3) is 0.364. The van der Waals surface area contributed by atoms with Crippen LogP contribution in [0.3, 0.4) is 0 Å². The van der Waals surface area contributed by atoms with E-state index in [1.165, 1.54) is 0 Å². The molecule has 0 aliphatic carbocycles. The molecule has 1 N–H and O–H groups in total. The van der Waals surface area contributed by atoms with Crippen LogP contribution in [-0.2, 0) is 6.42 Å². The molecule has 0 aromatic carbocycles. The second-order valence-corrected chi connectivity index (χ2v) is 5.34. The minimum Gasteiger partial charge on any atom is -0.316 e. The summed E-state index contributed by atoms with van der Waals surface area (Å²) < 4.78 is 2.98. The number of hydrogen-bond donors (Lipinski definition) is 1. The molecule has 5 heteroatoms. The fourth-order valence-corrected chi connectivity index (χ4v) is 2.65. The van der Waals surface area contributed by atoms with Crippen molar-refractivity contribution in [3.63, 3.8) is 0 Å². The number of fused-ring (bicyclic) bond motifs is 1. The molecule has 0 unspecified atom stereocenters. The van der Waals surface area contributed by atoms with Crippen LogP contribution in [0.25, 0.3) is 5.52 Å². The largest absolute Gasteiger partial charge is 0.316 e. The zero-order valence-electron chi connectivity index (χ0n) is 8.58. The van der Waals surface area contributed by atoms with Crippen LogP contribution in [0.5, 0.6) is 0 Å². The Morgan fingerprint density at radius 2 is 2.38 bits per heavy atom. The van der Waals surface area contributed by atoms with Gasteiger partial charge in [-0.15, -0.1) is 0 Å². The number of pyridine rings is 1. The highest BCUT2D eigenvalue weighted by molar-refractivity contribution is 9.10. The lowest BCUT2D eigenvalue weighted by Crippen LogP contribution is -2.43. The number of nitrogens with zero attached hydrogens (tertiary/aromatic N) is 2. The average molecular weight is 301 g/mol. The zero-order chi connectivity index (χ0) is 11.1. The first-order chi connectivity index (χ1) is 7.74. The van der Waals surface area contributed by atoms with Crippen molar-refractivity contribution in [3.8, 4) is 0 Å². The Hall–Kier alpha value is -0.580. The van der Waals surface area contributed by atoms with Gasteiger partial charge in [-0.3, -0.25) is 0 Å². The molecule has 0 radical (unpaired) electrons. The Labute approximate surface area is 107 Å². The van der Waals surface area contributed by atoms with E-state index in [1.807, 2.05) is 18.3 Å². The van der Waals surface area contributed by atoms with Crippen molar-refractivity contribution in [2.24, 2.45) is 5.92 Å². The third kappa shape index (κ3) is 1.75. The predicted molar refractivity (Wildman–Crippen MR) is 68.0 cm³/mol. The topological polar surface area (TPSA) is 29.3 Å². The first-order valence-electron chi connectivity index (χ1n) is 5.27. The van der Waals surface area contributed by atoms with Crippen molar-refractivity contribution in [3.05, 3.63) is 33.8 Å². The van der Waals surface area contributed by atoms with E-state index in [0.29, 0.717) is 5.92 Å². The van der Waals surface area contributed by atoms with Crippen LogP contribution in [0.2, 0.25) is 5.02 Å². The SMILES string of the molecule is Clc1ccn2c(CC3CNC3)nc(Br)c2c1. The van der Waals surface area contributed by atoms with Gasteiger partial charge in [0.2, 0.25) is 0 Å². The van der Waals surface area contributed by atoms with Crippen LogP contribution in [0.4, 0.5) is 0 Å². The lowest BCUT2D eigenvalue weighted by atomic mass is 9.99. The molecular weight excluding hydrogens is 289 g/mol. The molecule has 0 saturated carbocycles. The molecule has 1 aliphatic rings. The molecule has 0 spiro atoms. The molecule has 1 aliphatic heterocycles. The Bertz CT molecular complexity index is 533. The molecule has 0 amide bonds. The van der Waals surface area contributed by atoms with Crippen LogP contribution < -0.4 is 5.32 Å². The van der Waals surface area contributed by atoms with Gasteiger partial charge >= 0.3 is 0 Å². The van der Waals surface area contributed by atoms with Crippen LogP contribution >= 0.6 is 27.5 Å². The van der Waals surface area contributed by atoms with E-state index < -0.39 is 0 Å². The molecule has 84 valence electrons. The Morgan fingerprint density at radius 3 is 3.06 bits per heavy atom. The summed E-state index contributed by atoms with van der Waals surface area (Å²) in [5, 5.41) is 4.02. The molecule has 2 aromatic heterocycles. The van der Waals surface area contributed by atoms with Crippen molar-refractivity contribution in [2.75, 3.05) is 13.1 Å². The molecule has 16 heavy (non-hydrogen) atoms. The van der Waals surface area contributed by atoms with Gasteiger partial charge in [-0.2, -0.15) is 0 Å². The monoisotopic (exact) mass is 299 g/mol. The van der Waals surface area contributed by atoms with E-state index in [1.54, 1.807) is 0 Å². The van der Waals surface area contributed by atoms with Crippen LogP contribution in [0.15, 0.2) is 22.9 Å². The number of aromatic nitrogens is 2. The van der Waals surface area contributed by atoms with Gasteiger partial charge < -0.3 is 9.72 Å². The molecule has 2 aromatic rings. The van der Waals surface area contributed by atoms with Crippen molar-refractivity contribution in [1.29, 1.82) is 0 Å². The summed E-state index contributed by atoms with van der Waals surface area (Å²) in [6, 6.07) is 3.83. The van der Waals surface area contributed by atoms with Gasteiger partial charge in [0.25, 0.3) is 0 Å². The number of halogens is 2. The van der Waals surface area contributed by atoms with Gasteiger partial charge in [-0.25, -0.2) is 4.98 Å². The van der Waals surface area contributed by atoms with Gasteiger partial charge in [0.05, 0.1) is 5.52 Å². The van der Waals surface area contributed by atoms with Gasteiger partial charge in [0, 0.05) is 17.6 Å². The van der Waals surface area contributed by atoms with Crippen molar-refractivity contribution < 1.29 is 0 Å². The number of imidazole rings is 1. The second-order valence-electron chi connectivity index (χ2n) is 4.15. The lowest BCUT2D eigenvalue weighted by Gasteiger charge is -2.26. The summed E-state index contributed by atoms with van der Waals surface area (Å²) in [4.78, 5) is 4.55. The smallest absolute Gasteiger partial charge is 0.132 e. The van der Waals surface area contributed by atoms with Crippen molar-refractivity contribution >= 4 is 33.0 Å². The average Bonchev–Trinajstić information content (AvgIpc) is 2.50. The maximum atomic E-state index is 5.97. The molecule has 3 nitrogen and oxygen atoms in total. The summed E-state index contributed by atoms with van der Waals surface area (Å²) in [5.74, 6) is 1.82. The fourth-order valence-electron chi connectivity index (χ4n) is 1.98. The summed E-state index contributed by atoms with van der Waals surface area (Å²) in [6.45, 7) is 2.19. The molecule has 1 saturated heterocycles. The highest BCUT2D eigenvalue weighted by atomic mass is 79.9. The minimum atomic E-state index is 0.716. The summed E-state index contributed by atoms with van der Waals surface area (Å²) in [7, 11) is 0. The summed E-state index contributed by atoms with van der Waals surface area (Å²) in [5.41, 5.74) is 1.04. The first kappa shape index (κ1) is 10.6. The number of rotatable bonds is 2. The Kier molecular flexibility index (Phi) is 2.65. The van der Waals surface area contributed by atoms with E-state index >= 15 is 0 Å². The standard InChI is InChI=1S/C11H11BrClN3/c12-11-9-4-8(13)1-2-16(9)10(15-11)3-7-5-14-6-7/h1-2,4,7,14H,3,5-6H2. The second kappa shape index (κ2) is 4.02. The van der Waals surface area contributed by atoms with Gasteiger partial charge in [0.15, 0.2) is 0 Å². The van der Waals surface area contributed by atoms with Crippen LogP contribution in [0, 0.1) is 5.92 Å². The van der Waals surface area contributed by atoms with E-state index in [2.05, 4.69) is 30.6 Å². The lowest BCUT2D eigenvalue weighted by molar-refractivity contribution is 0.340. The Morgan fingerprint density at radius 1 is 1.56 bits per heavy atom. The normalized spacial score (nSPS) is 16.6. The maximum Gasteiger partial charge on any atom is 0.132 e. The molecule has 3 rings (SSSR count). The minimum absolute atomic E-state index is 0.716. The van der Waals surface area contributed by atoms with Crippen LogP contribution in [-0.4, -0.2) is 22.5 Å². The number of hydrogen-bond acceptors (Lipinski definition) is 2. The van der Waals surface area contributed by atoms with E-state index in [-0.39, 0.29) is 0 Å². The zero-order valence-corrected chi connectivity index (χ0v) is 10.9. The molecule has 1 fully saturated rings. The summed E-state index contributed by atoms with van der Waals surface area (Å²) >= 11 is 9.45. The van der Waals surface area contributed by atoms with Crippen molar-refractivity contribution in [2.45, 2.75) is 6.42 Å². The highest BCUT2D eigenvalue weighted by Gasteiger charge is 2.20. The predicted octanol–water partition coefficient (Wildman–Crippen LogP) is 2.51. The van der Waals surface area contributed by atoms with Crippen LogP contribution in [0.1, 0.15) is 5.82 Å². The quantitative estimate of drug-likeness (QED) is 0.923. The maximum absolute atomic E-state index is 5.97. The van der Waals surface area contributed by atoms with Gasteiger partial charge in [-0.1, -0.05) is 11.6 Å². The van der Waals surface area contributed by atoms with Crippen molar-refractivity contribution in [1.82, 2.24) is 14.7 Å². The first-order valence-corrected chi connectivity index (χ1v) is 6.44. The molecule has 0 bridgehead atoms. The Balaban J connectivity index is 2.03. The van der Waals surface area contributed by atoms with Gasteiger partial charge in [-0.05, 0) is 47.1 Å². The third-order valence-corrected chi connectivity index (χ3v) is 3.79. The summed E-state index contributed by atoms with van der Waals surface area (Å²) in [6.07, 6.45) is 3.00. The molecule has 3 heterocycles. The van der Waals surface area contributed by atoms with E-state index in [0.717, 1.165) is 40.5 Å².